The number of hydrogen-bond acceptors (Lipinski definition) is 3. The van der Waals surface area contributed by atoms with Gasteiger partial charge in [0, 0.05) is 13.3 Å². The van der Waals surface area contributed by atoms with E-state index >= 15 is 0 Å². The van der Waals surface area contributed by atoms with Crippen LogP contribution in [0.3, 0.4) is 0 Å². The highest BCUT2D eigenvalue weighted by Crippen LogP contribution is 2.23. The number of ether oxygens (including phenoxy) is 1. The normalized spacial score (nSPS) is 10.9. The Kier molecular flexibility index (Phi) is 4.55. The van der Waals surface area contributed by atoms with Gasteiger partial charge in [-0.15, -0.1) is 0 Å². The fourth-order valence-electron chi connectivity index (χ4n) is 0.799. The van der Waals surface area contributed by atoms with Gasteiger partial charge in [-0.05, 0) is 11.8 Å². The van der Waals surface area contributed by atoms with E-state index in [0.717, 1.165) is 12.7 Å². The Balaban J connectivity index is 3.60. The van der Waals surface area contributed by atoms with Gasteiger partial charge < -0.3 is 9.53 Å². The maximum absolute atomic E-state index is 10.4. The molecule has 0 heterocycles. The van der Waals surface area contributed by atoms with E-state index in [4.69, 9.17) is 4.74 Å². The van der Waals surface area contributed by atoms with Gasteiger partial charge in [-0.2, -0.15) is 0 Å². The first kappa shape index (κ1) is 11.1. The lowest BCUT2D eigenvalue weighted by Crippen LogP contribution is -2.16. The molecule has 0 unspecified atom stereocenters. The Morgan fingerprint density at radius 1 is 1.50 bits per heavy atom. The maximum atomic E-state index is 10.4. The zero-order chi connectivity index (χ0) is 9.61. The molecule has 0 aliphatic heterocycles. The molecule has 0 N–H and O–H groups in total. The molecule has 0 rings (SSSR count). The first-order valence-corrected chi connectivity index (χ1v) is 4.05. The SMILES string of the molecule is CC(=O)OCCC(C)(C)CC=O. The minimum absolute atomic E-state index is 0.0583. The first-order valence-electron chi connectivity index (χ1n) is 4.05. The van der Waals surface area contributed by atoms with Gasteiger partial charge in [0.25, 0.3) is 0 Å². The molecule has 0 bridgehead atoms. The van der Waals surface area contributed by atoms with Crippen LogP contribution in [0.15, 0.2) is 0 Å². The van der Waals surface area contributed by atoms with Crippen molar-refractivity contribution in [3.63, 3.8) is 0 Å². The second-order valence-electron chi connectivity index (χ2n) is 3.63. The molecule has 0 fully saturated rings. The molecular formula is C9H16O3. The molecule has 0 aromatic carbocycles. The summed E-state index contributed by atoms with van der Waals surface area (Å²) in [6.45, 7) is 5.73. The topological polar surface area (TPSA) is 43.4 Å². The van der Waals surface area contributed by atoms with Crippen LogP contribution in [0.5, 0.6) is 0 Å². The third-order valence-electron chi connectivity index (χ3n) is 1.72. The number of carbonyl (C=O) groups is 2. The van der Waals surface area contributed by atoms with Gasteiger partial charge in [0.15, 0.2) is 0 Å². The summed E-state index contributed by atoms with van der Waals surface area (Å²) >= 11 is 0. The number of aldehydes is 1. The van der Waals surface area contributed by atoms with Crippen LogP contribution >= 0.6 is 0 Å². The zero-order valence-corrected chi connectivity index (χ0v) is 7.92. The average Bonchev–Trinajstić information content (AvgIpc) is 1.85. The summed E-state index contributed by atoms with van der Waals surface area (Å²) < 4.78 is 4.77. The second kappa shape index (κ2) is 4.91. The Bertz CT molecular complexity index is 161. The molecule has 70 valence electrons. The molecule has 0 atom stereocenters. The van der Waals surface area contributed by atoms with Gasteiger partial charge >= 0.3 is 5.97 Å². The molecule has 0 radical (unpaired) electrons. The fraction of sp³-hybridized carbons (Fsp3) is 0.778. The zero-order valence-electron chi connectivity index (χ0n) is 7.92. The monoisotopic (exact) mass is 172 g/mol. The van der Waals surface area contributed by atoms with Crippen molar-refractivity contribution in [3.05, 3.63) is 0 Å². The van der Waals surface area contributed by atoms with E-state index in [9.17, 15) is 9.59 Å². The van der Waals surface area contributed by atoms with Crippen molar-refractivity contribution in [2.24, 2.45) is 5.41 Å². The van der Waals surface area contributed by atoms with Crippen LogP contribution in [0.25, 0.3) is 0 Å². The Morgan fingerprint density at radius 2 is 2.08 bits per heavy atom. The van der Waals surface area contributed by atoms with E-state index < -0.39 is 0 Å². The quantitative estimate of drug-likeness (QED) is 0.467. The Hall–Kier alpha value is -0.860. The van der Waals surface area contributed by atoms with Crippen molar-refractivity contribution in [2.45, 2.75) is 33.6 Å². The molecule has 12 heavy (non-hydrogen) atoms. The van der Waals surface area contributed by atoms with E-state index in [2.05, 4.69) is 0 Å². The lowest BCUT2D eigenvalue weighted by atomic mass is 9.87. The fourth-order valence-corrected chi connectivity index (χ4v) is 0.799. The highest BCUT2D eigenvalue weighted by atomic mass is 16.5. The molecule has 0 aliphatic carbocycles. The number of rotatable bonds is 5. The predicted molar refractivity (Wildman–Crippen MR) is 45.7 cm³/mol. The van der Waals surface area contributed by atoms with Gasteiger partial charge in [0.05, 0.1) is 6.61 Å². The van der Waals surface area contributed by atoms with Crippen LogP contribution in [-0.4, -0.2) is 18.9 Å². The summed E-state index contributed by atoms with van der Waals surface area (Å²) in [6.07, 6.45) is 2.13. The van der Waals surface area contributed by atoms with Gasteiger partial charge in [-0.3, -0.25) is 4.79 Å². The molecule has 0 saturated heterocycles. The van der Waals surface area contributed by atoms with Crippen molar-refractivity contribution < 1.29 is 14.3 Å². The summed E-state index contributed by atoms with van der Waals surface area (Å²) in [5, 5.41) is 0. The number of hydrogen-bond donors (Lipinski definition) is 0. The van der Waals surface area contributed by atoms with Crippen molar-refractivity contribution in [2.75, 3.05) is 6.61 Å². The molecule has 0 aromatic heterocycles. The number of esters is 1. The lowest BCUT2D eigenvalue weighted by molar-refractivity contribution is -0.141. The highest BCUT2D eigenvalue weighted by Gasteiger charge is 2.17. The summed E-state index contributed by atoms with van der Waals surface area (Å²) in [7, 11) is 0. The van der Waals surface area contributed by atoms with Crippen molar-refractivity contribution >= 4 is 12.3 Å². The predicted octanol–water partition coefficient (Wildman–Crippen LogP) is 1.55. The lowest BCUT2D eigenvalue weighted by Gasteiger charge is -2.20. The molecular weight excluding hydrogens is 156 g/mol. The van der Waals surface area contributed by atoms with Gasteiger partial charge in [0.1, 0.15) is 6.29 Å². The minimum atomic E-state index is -0.267. The van der Waals surface area contributed by atoms with E-state index in [0.29, 0.717) is 13.0 Å². The largest absolute Gasteiger partial charge is 0.466 e. The molecule has 0 saturated carbocycles. The Morgan fingerprint density at radius 3 is 2.50 bits per heavy atom. The smallest absolute Gasteiger partial charge is 0.302 e. The van der Waals surface area contributed by atoms with Gasteiger partial charge in [0.2, 0.25) is 0 Å². The van der Waals surface area contributed by atoms with Gasteiger partial charge in [-0.1, -0.05) is 13.8 Å². The van der Waals surface area contributed by atoms with E-state index in [-0.39, 0.29) is 11.4 Å². The van der Waals surface area contributed by atoms with Crippen LogP contribution < -0.4 is 0 Å². The van der Waals surface area contributed by atoms with Crippen LogP contribution in [0.2, 0.25) is 0 Å². The molecule has 0 aromatic rings. The van der Waals surface area contributed by atoms with Crippen molar-refractivity contribution in [1.29, 1.82) is 0 Å². The third kappa shape index (κ3) is 5.89. The Labute approximate surface area is 73.1 Å². The van der Waals surface area contributed by atoms with E-state index in [1.807, 2.05) is 13.8 Å². The number of carbonyl (C=O) groups excluding carboxylic acids is 2. The van der Waals surface area contributed by atoms with Crippen LogP contribution in [0, 0.1) is 5.41 Å². The van der Waals surface area contributed by atoms with E-state index in [1.165, 1.54) is 6.92 Å². The van der Waals surface area contributed by atoms with E-state index in [1.54, 1.807) is 0 Å². The van der Waals surface area contributed by atoms with Crippen LogP contribution in [0.4, 0.5) is 0 Å². The molecule has 3 nitrogen and oxygen atoms in total. The van der Waals surface area contributed by atoms with Crippen molar-refractivity contribution in [3.8, 4) is 0 Å². The summed E-state index contributed by atoms with van der Waals surface area (Å²) in [4.78, 5) is 20.6. The molecule has 3 heteroatoms. The van der Waals surface area contributed by atoms with Crippen LogP contribution in [0.1, 0.15) is 33.6 Å². The van der Waals surface area contributed by atoms with Gasteiger partial charge in [-0.25, -0.2) is 0 Å². The highest BCUT2D eigenvalue weighted by molar-refractivity contribution is 5.65. The first-order chi connectivity index (χ1) is 5.48. The average molecular weight is 172 g/mol. The molecule has 0 amide bonds. The summed E-state index contributed by atoms with van der Waals surface area (Å²) in [6, 6.07) is 0. The van der Waals surface area contributed by atoms with Crippen molar-refractivity contribution in [1.82, 2.24) is 0 Å². The standard InChI is InChI=1S/C9H16O3/c1-8(11)12-7-5-9(2,3)4-6-10/h6H,4-5,7H2,1-3H3. The molecule has 0 aliphatic rings. The molecule has 0 spiro atoms. The summed E-state index contributed by atoms with van der Waals surface area (Å²) in [5.74, 6) is -0.267. The minimum Gasteiger partial charge on any atom is -0.466 e. The third-order valence-corrected chi connectivity index (χ3v) is 1.72. The summed E-state index contributed by atoms with van der Waals surface area (Å²) in [5.41, 5.74) is -0.0583. The second-order valence-corrected chi connectivity index (χ2v) is 3.63. The maximum Gasteiger partial charge on any atom is 0.302 e. The van der Waals surface area contributed by atoms with Crippen LogP contribution in [-0.2, 0) is 14.3 Å².